The van der Waals surface area contributed by atoms with Gasteiger partial charge in [-0.25, -0.2) is 9.78 Å². The topological polar surface area (TPSA) is 52.3 Å². The molecule has 0 aliphatic carbocycles. The molecule has 0 aliphatic heterocycles. The summed E-state index contributed by atoms with van der Waals surface area (Å²) in [4.78, 5) is 16.1. The van der Waals surface area contributed by atoms with Gasteiger partial charge in [0, 0.05) is 3.57 Å². The van der Waals surface area contributed by atoms with Crippen LogP contribution < -0.4 is 0 Å². The fourth-order valence-corrected chi connectivity index (χ4v) is 2.35. The Hall–Kier alpha value is -1.89. The molecule has 0 fully saturated rings. The molecule has 1 heterocycles. The van der Waals surface area contributed by atoms with Gasteiger partial charge in [0.2, 0.25) is 5.89 Å². The highest BCUT2D eigenvalue weighted by atomic mass is 127. The summed E-state index contributed by atoms with van der Waals surface area (Å²) in [5.74, 6) is 0.0101. The number of halogens is 1. The van der Waals surface area contributed by atoms with Crippen molar-refractivity contribution in [3.05, 3.63) is 63.6 Å². The van der Waals surface area contributed by atoms with E-state index in [1.807, 2.05) is 36.4 Å². The number of hydrogen-bond acceptors (Lipinski definition) is 4. The minimum Gasteiger partial charge on any atom is -0.452 e. The molecule has 0 amide bonds. The lowest BCUT2D eigenvalue weighted by molar-refractivity contribution is 0.0440. The minimum atomic E-state index is -0.384. The first-order valence-corrected chi connectivity index (χ1v) is 7.07. The molecule has 3 aromatic rings. The molecule has 4 nitrogen and oxygen atoms in total. The standard InChI is InChI=1S/C15H10INO3/c16-11-5-3-4-10(8-11)15(18)19-9-14-17-12-6-1-2-7-13(12)20-14/h1-8H,9H2. The zero-order valence-electron chi connectivity index (χ0n) is 10.4. The van der Waals surface area contributed by atoms with Crippen LogP contribution in [-0.2, 0) is 11.3 Å². The molecule has 0 aliphatic rings. The number of fused-ring (bicyclic) bond motifs is 1. The number of hydrogen-bond donors (Lipinski definition) is 0. The van der Waals surface area contributed by atoms with Gasteiger partial charge in [0.1, 0.15) is 5.52 Å². The van der Waals surface area contributed by atoms with Crippen molar-refractivity contribution in [3.8, 4) is 0 Å². The normalized spacial score (nSPS) is 10.7. The SMILES string of the molecule is O=C(OCc1nc2ccccc2o1)c1cccc(I)c1. The van der Waals surface area contributed by atoms with E-state index >= 15 is 0 Å². The lowest BCUT2D eigenvalue weighted by Gasteiger charge is -2.02. The molecule has 0 saturated carbocycles. The van der Waals surface area contributed by atoms with Crippen molar-refractivity contribution in [2.45, 2.75) is 6.61 Å². The van der Waals surface area contributed by atoms with Crippen LogP contribution in [0.4, 0.5) is 0 Å². The third kappa shape index (κ3) is 2.82. The zero-order valence-corrected chi connectivity index (χ0v) is 12.5. The maximum atomic E-state index is 11.9. The number of para-hydroxylation sites is 2. The van der Waals surface area contributed by atoms with Gasteiger partial charge < -0.3 is 9.15 Å². The summed E-state index contributed by atoms with van der Waals surface area (Å²) in [6.45, 7) is 0.0268. The molecule has 0 radical (unpaired) electrons. The molecule has 100 valence electrons. The van der Waals surface area contributed by atoms with Crippen LogP contribution in [0, 0.1) is 3.57 Å². The molecule has 1 aromatic heterocycles. The van der Waals surface area contributed by atoms with E-state index in [0.717, 1.165) is 9.09 Å². The number of carbonyl (C=O) groups excluding carboxylic acids is 1. The molecule has 0 atom stereocenters. The first-order valence-electron chi connectivity index (χ1n) is 5.99. The van der Waals surface area contributed by atoms with E-state index in [1.165, 1.54) is 0 Å². The van der Waals surface area contributed by atoms with Crippen molar-refractivity contribution >= 4 is 39.7 Å². The highest BCUT2D eigenvalue weighted by molar-refractivity contribution is 14.1. The third-order valence-electron chi connectivity index (χ3n) is 2.73. The average Bonchev–Trinajstić information content (AvgIpc) is 2.87. The minimum absolute atomic E-state index is 0.0268. The predicted molar refractivity (Wildman–Crippen MR) is 82.3 cm³/mol. The number of esters is 1. The Kier molecular flexibility index (Phi) is 3.68. The maximum Gasteiger partial charge on any atom is 0.338 e. The van der Waals surface area contributed by atoms with Crippen LogP contribution in [0.3, 0.4) is 0 Å². The molecule has 0 unspecified atom stereocenters. The van der Waals surface area contributed by atoms with Crippen LogP contribution in [-0.4, -0.2) is 11.0 Å². The second-order valence-electron chi connectivity index (χ2n) is 4.16. The zero-order chi connectivity index (χ0) is 13.9. The Morgan fingerprint density at radius 2 is 2.05 bits per heavy atom. The van der Waals surface area contributed by atoms with Crippen molar-refractivity contribution in [1.29, 1.82) is 0 Å². The first kappa shape index (κ1) is 13.1. The molecule has 0 saturated heterocycles. The molecule has 5 heteroatoms. The van der Waals surface area contributed by atoms with Gasteiger partial charge in [-0.05, 0) is 52.9 Å². The van der Waals surface area contributed by atoms with Gasteiger partial charge in [0.25, 0.3) is 0 Å². The molecule has 3 rings (SSSR count). The van der Waals surface area contributed by atoms with Gasteiger partial charge in [-0.15, -0.1) is 0 Å². The van der Waals surface area contributed by atoms with Gasteiger partial charge in [-0.2, -0.15) is 0 Å². The number of benzene rings is 2. The Balaban J connectivity index is 1.71. The Morgan fingerprint density at radius 3 is 2.85 bits per heavy atom. The van der Waals surface area contributed by atoms with E-state index in [1.54, 1.807) is 12.1 Å². The van der Waals surface area contributed by atoms with E-state index in [9.17, 15) is 4.79 Å². The quantitative estimate of drug-likeness (QED) is 0.513. The smallest absolute Gasteiger partial charge is 0.338 e. The molecule has 0 N–H and O–H groups in total. The summed E-state index contributed by atoms with van der Waals surface area (Å²) in [5.41, 5.74) is 1.97. The van der Waals surface area contributed by atoms with Crippen LogP contribution in [0.5, 0.6) is 0 Å². The Morgan fingerprint density at radius 1 is 1.20 bits per heavy atom. The monoisotopic (exact) mass is 379 g/mol. The van der Waals surface area contributed by atoms with Crippen molar-refractivity contribution < 1.29 is 13.9 Å². The predicted octanol–water partition coefficient (Wildman–Crippen LogP) is 3.79. The van der Waals surface area contributed by atoms with Gasteiger partial charge in [0.05, 0.1) is 5.56 Å². The molecule has 20 heavy (non-hydrogen) atoms. The number of rotatable bonds is 3. The largest absolute Gasteiger partial charge is 0.452 e. The van der Waals surface area contributed by atoms with Crippen molar-refractivity contribution in [2.24, 2.45) is 0 Å². The lowest BCUT2D eigenvalue weighted by Crippen LogP contribution is -2.05. The summed E-state index contributed by atoms with van der Waals surface area (Å²) < 4.78 is 11.7. The van der Waals surface area contributed by atoms with Crippen LogP contribution in [0.15, 0.2) is 52.9 Å². The fourth-order valence-electron chi connectivity index (χ4n) is 1.81. The number of nitrogens with zero attached hydrogens (tertiary/aromatic N) is 1. The number of ether oxygens (including phenoxy) is 1. The summed E-state index contributed by atoms with van der Waals surface area (Å²) in [6.07, 6.45) is 0. The van der Waals surface area contributed by atoms with E-state index in [-0.39, 0.29) is 12.6 Å². The van der Waals surface area contributed by atoms with Gasteiger partial charge in [0.15, 0.2) is 12.2 Å². The number of carbonyl (C=O) groups is 1. The van der Waals surface area contributed by atoms with Crippen molar-refractivity contribution in [1.82, 2.24) is 4.98 Å². The summed E-state index contributed by atoms with van der Waals surface area (Å²) in [6, 6.07) is 14.7. The average molecular weight is 379 g/mol. The lowest BCUT2D eigenvalue weighted by atomic mass is 10.2. The molecule has 2 aromatic carbocycles. The highest BCUT2D eigenvalue weighted by Gasteiger charge is 2.10. The Bertz CT molecular complexity index is 733. The van der Waals surface area contributed by atoms with E-state index in [4.69, 9.17) is 9.15 Å². The second kappa shape index (κ2) is 5.62. The number of oxazole rings is 1. The van der Waals surface area contributed by atoms with Gasteiger partial charge in [-0.1, -0.05) is 18.2 Å². The van der Waals surface area contributed by atoms with Crippen LogP contribution in [0.25, 0.3) is 11.1 Å². The first-order chi connectivity index (χ1) is 9.72. The molecular weight excluding hydrogens is 369 g/mol. The number of aromatic nitrogens is 1. The van der Waals surface area contributed by atoms with E-state index < -0.39 is 0 Å². The van der Waals surface area contributed by atoms with Crippen molar-refractivity contribution in [2.75, 3.05) is 0 Å². The molecule has 0 spiro atoms. The second-order valence-corrected chi connectivity index (χ2v) is 5.41. The van der Waals surface area contributed by atoms with E-state index in [0.29, 0.717) is 17.0 Å². The fraction of sp³-hybridized carbons (Fsp3) is 0.0667. The van der Waals surface area contributed by atoms with Crippen LogP contribution in [0.2, 0.25) is 0 Å². The van der Waals surface area contributed by atoms with E-state index in [2.05, 4.69) is 27.6 Å². The Labute approximate surface area is 128 Å². The summed E-state index contributed by atoms with van der Waals surface area (Å²) in [5, 5.41) is 0. The van der Waals surface area contributed by atoms with Crippen LogP contribution >= 0.6 is 22.6 Å². The van der Waals surface area contributed by atoms with Gasteiger partial charge >= 0.3 is 5.97 Å². The van der Waals surface area contributed by atoms with Crippen LogP contribution in [0.1, 0.15) is 16.2 Å². The maximum absolute atomic E-state index is 11.9. The molecular formula is C15H10INO3. The molecule has 0 bridgehead atoms. The highest BCUT2D eigenvalue weighted by Crippen LogP contribution is 2.16. The third-order valence-corrected chi connectivity index (χ3v) is 3.40. The van der Waals surface area contributed by atoms with Crippen molar-refractivity contribution in [3.63, 3.8) is 0 Å². The summed E-state index contributed by atoms with van der Waals surface area (Å²) >= 11 is 2.15. The van der Waals surface area contributed by atoms with Gasteiger partial charge in [-0.3, -0.25) is 0 Å². The summed E-state index contributed by atoms with van der Waals surface area (Å²) in [7, 11) is 0.